The first kappa shape index (κ1) is 18.8. The molecule has 0 spiro atoms. The van der Waals surface area contributed by atoms with E-state index in [4.69, 9.17) is 0 Å². The summed E-state index contributed by atoms with van der Waals surface area (Å²) in [5.41, 5.74) is 2.85. The lowest BCUT2D eigenvalue weighted by atomic mass is 10.0. The Labute approximate surface area is 171 Å². The number of carbonyl (C=O) groups excluding carboxylic acids is 2. The lowest BCUT2D eigenvalue weighted by Gasteiger charge is -2.37. The average Bonchev–Trinajstić information content (AvgIpc) is 3.15. The average molecular weight is 416 g/mol. The first-order valence-corrected chi connectivity index (χ1v) is 10.6. The van der Waals surface area contributed by atoms with Crippen LogP contribution in [0.4, 0.5) is 10.3 Å². The molecule has 0 bridgehead atoms. The third kappa shape index (κ3) is 3.47. The van der Waals surface area contributed by atoms with Crippen molar-refractivity contribution in [1.82, 2.24) is 14.9 Å². The fraction of sp³-hybridized carbons (Fsp3) is 0.368. The zero-order valence-corrected chi connectivity index (χ0v) is 17.8. The molecule has 2 aromatic heterocycles. The van der Waals surface area contributed by atoms with E-state index in [-0.39, 0.29) is 17.7 Å². The van der Waals surface area contributed by atoms with Crippen molar-refractivity contribution in [1.29, 1.82) is 0 Å². The number of rotatable bonds is 4. The number of amides is 2. The Morgan fingerprint density at radius 1 is 1.18 bits per heavy atom. The van der Waals surface area contributed by atoms with Gasteiger partial charge in [-0.3, -0.25) is 9.59 Å². The van der Waals surface area contributed by atoms with Crippen molar-refractivity contribution in [2.75, 3.05) is 37.4 Å². The Bertz CT molecular complexity index is 1070. The second-order valence-electron chi connectivity index (χ2n) is 7.19. The zero-order chi connectivity index (χ0) is 20.0. The minimum absolute atomic E-state index is 0.0641. The minimum Gasteiger partial charge on any atom is -0.346 e. The van der Waals surface area contributed by atoms with E-state index in [0.717, 1.165) is 10.6 Å². The van der Waals surface area contributed by atoms with Crippen molar-refractivity contribution >= 4 is 55.0 Å². The molecular weight excluding hydrogens is 394 g/mol. The van der Waals surface area contributed by atoms with Crippen molar-refractivity contribution in [3.05, 3.63) is 34.3 Å². The highest BCUT2D eigenvalue weighted by Gasteiger charge is 2.35. The van der Waals surface area contributed by atoms with Crippen LogP contribution in [0.1, 0.15) is 20.9 Å². The highest BCUT2D eigenvalue weighted by Crippen LogP contribution is 2.34. The van der Waals surface area contributed by atoms with Crippen LogP contribution >= 0.6 is 22.7 Å². The molecule has 0 atom stereocenters. The topological polar surface area (TPSA) is 78.4 Å². The van der Waals surface area contributed by atoms with Gasteiger partial charge in [-0.25, -0.2) is 9.97 Å². The van der Waals surface area contributed by atoms with Crippen LogP contribution in [-0.4, -0.2) is 53.9 Å². The predicted molar refractivity (Wildman–Crippen MR) is 114 cm³/mol. The van der Waals surface area contributed by atoms with Crippen LogP contribution in [0.25, 0.3) is 10.2 Å². The van der Waals surface area contributed by atoms with Crippen molar-refractivity contribution in [3.8, 4) is 0 Å². The second-order valence-corrected chi connectivity index (χ2v) is 9.20. The van der Waals surface area contributed by atoms with Crippen LogP contribution in [0.3, 0.4) is 0 Å². The molecular formula is C19H21N5O2S2. The van der Waals surface area contributed by atoms with Crippen LogP contribution in [0.2, 0.25) is 0 Å². The summed E-state index contributed by atoms with van der Waals surface area (Å²) < 4.78 is 1.17. The van der Waals surface area contributed by atoms with Gasteiger partial charge in [-0.2, -0.15) is 0 Å². The number of fused-ring (bicyclic) bond motifs is 1. The number of benzene rings is 1. The van der Waals surface area contributed by atoms with E-state index in [9.17, 15) is 9.59 Å². The first-order valence-electron chi connectivity index (χ1n) is 8.94. The minimum atomic E-state index is -0.106. The van der Waals surface area contributed by atoms with Gasteiger partial charge in [-0.15, -0.1) is 0 Å². The molecule has 146 valence electrons. The zero-order valence-electron chi connectivity index (χ0n) is 16.1. The SMILES string of the molecule is Cc1ccc2nc(N3CC(C(=O)Nc4nc(C)c(C(=O)N(C)C)s4)C3)sc2c1. The summed E-state index contributed by atoms with van der Waals surface area (Å²) >= 11 is 2.87. The summed E-state index contributed by atoms with van der Waals surface area (Å²) in [5, 5.41) is 4.29. The predicted octanol–water partition coefficient (Wildman–Crippen LogP) is 3.15. The van der Waals surface area contributed by atoms with Crippen LogP contribution < -0.4 is 10.2 Å². The van der Waals surface area contributed by atoms with Crippen LogP contribution in [0.5, 0.6) is 0 Å². The lowest BCUT2D eigenvalue weighted by Crippen LogP contribution is -2.52. The molecule has 3 heterocycles. The molecule has 0 unspecified atom stereocenters. The number of anilines is 2. The molecule has 3 aromatic rings. The largest absolute Gasteiger partial charge is 0.346 e. The third-order valence-corrected chi connectivity index (χ3v) is 6.82. The molecule has 1 aromatic carbocycles. The molecule has 1 aliphatic heterocycles. The second kappa shape index (κ2) is 7.14. The standard InChI is InChI=1S/C19H21N5O2S2/c1-10-5-6-13-14(7-10)27-19(21-13)24-8-12(9-24)16(25)22-18-20-11(2)15(28-18)17(26)23(3)4/h5-7,12H,8-9H2,1-4H3,(H,20,22,25). The van der Waals surface area contributed by atoms with E-state index in [1.165, 1.54) is 26.5 Å². The van der Waals surface area contributed by atoms with Gasteiger partial charge in [0, 0.05) is 27.2 Å². The van der Waals surface area contributed by atoms with Crippen molar-refractivity contribution < 1.29 is 9.59 Å². The van der Waals surface area contributed by atoms with Crippen molar-refractivity contribution in [3.63, 3.8) is 0 Å². The van der Waals surface area contributed by atoms with Gasteiger partial charge in [0.05, 0.1) is 21.8 Å². The van der Waals surface area contributed by atoms with Gasteiger partial charge in [0.25, 0.3) is 5.91 Å². The van der Waals surface area contributed by atoms with Gasteiger partial charge < -0.3 is 15.1 Å². The summed E-state index contributed by atoms with van der Waals surface area (Å²) in [6.07, 6.45) is 0. The summed E-state index contributed by atoms with van der Waals surface area (Å²) in [5.74, 6) is -0.270. The Morgan fingerprint density at radius 2 is 1.93 bits per heavy atom. The fourth-order valence-corrected chi connectivity index (χ4v) is 5.09. The summed E-state index contributed by atoms with van der Waals surface area (Å²) in [6, 6.07) is 6.23. The van der Waals surface area contributed by atoms with E-state index in [1.807, 2.05) is 6.07 Å². The van der Waals surface area contributed by atoms with Crippen LogP contribution in [0, 0.1) is 19.8 Å². The van der Waals surface area contributed by atoms with Gasteiger partial charge in [-0.1, -0.05) is 28.7 Å². The molecule has 1 N–H and O–H groups in total. The van der Waals surface area contributed by atoms with E-state index >= 15 is 0 Å². The van der Waals surface area contributed by atoms with Gasteiger partial charge in [-0.05, 0) is 31.5 Å². The maximum absolute atomic E-state index is 12.5. The summed E-state index contributed by atoms with van der Waals surface area (Å²) in [6.45, 7) is 5.13. The Kier molecular flexibility index (Phi) is 4.80. The smallest absolute Gasteiger partial charge is 0.265 e. The molecule has 0 saturated carbocycles. The quantitative estimate of drug-likeness (QED) is 0.708. The van der Waals surface area contributed by atoms with Gasteiger partial charge in [0.2, 0.25) is 5.91 Å². The van der Waals surface area contributed by atoms with E-state index in [1.54, 1.807) is 32.4 Å². The maximum atomic E-state index is 12.5. The summed E-state index contributed by atoms with van der Waals surface area (Å²) in [7, 11) is 3.40. The molecule has 1 fully saturated rings. The van der Waals surface area contributed by atoms with E-state index in [0.29, 0.717) is 28.8 Å². The lowest BCUT2D eigenvalue weighted by molar-refractivity contribution is -0.120. The molecule has 9 heteroatoms. The number of aryl methyl sites for hydroxylation is 2. The van der Waals surface area contributed by atoms with Gasteiger partial charge in [0.1, 0.15) is 4.88 Å². The fourth-order valence-electron chi connectivity index (χ4n) is 3.01. The Morgan fingerprint density at radius 3 is 2.64 bits per heavy atom. The molecule has 0 aliphatic carbocycles. The van der Waals surface area contributed by atoms with Gasteiger partial charge in [0.15, 0.2) is 10.3 Å². The maximum Gasteiger partial charge on any atom is 0.265 e. The molecule has 7 nitrogen and oxygen atoms in total. The number of hydrogen-bond donors (Lipinski definition) is 1. The first-order chi connectivity index (χ1) is 13.3. The Hall–Kier alpha value is -2.52. The third-order valence-electron chi connectivity index (χ3n) is 4.68. The number of hydrogen-bond acceptors (Lipinski definition) is 7. The highest BCUT2D eigenvalue weighted by atomic mass is 32.1. The molecule has 2 amide bonds. The number of nitrogens with one attached hydrogen (secondary N) is 1. The molecule has 1 aliphatic rings. The molecule has 1 saturated heterocycles. The number of nitrogens with zero attached hydrogens (tertiary/aromatic N) is 4. The summed E-state index contributed by atoms with van der Waals surface area (Å²) in [4.78, 5) is 37.8. The molecule has 28 heavy (non-hydrogen) atoms. The molecule has 0 radical (unpaired) electrons. The van der Waals surface area contributed by atoms with Crippen molar-refractivity contribution in [2.45, 2.75) is 13.8 Å². The monoisotopic (exact) mass is 415 g/mol. The number of aromatic nitrogens is 2. The van der Waals surface area contributed by atoms with E-state index in [2.05, 4.69) is 39.2 Å². The Balaban J connectivity index is 1.38. The normalized spacial score (nSPS) is 14.2. The van der Waals surface area contributed by atoms with E-state index < -0.39 is 0 Å². The molecule has 4 rings (SSSR count). The number of carbonyl (C=O) groups is 2. The number of thiazole rings is 2. The van der Waals surface area contributed by atoms with Crippen molar-refractivity contribution in [2.24, 2.45) is 5.92 Å². The van der Waals surface area contributed by atoms with Crippen LogP contribution in [0.15, 0.2) is 18.2 Å². The van der Waals surface area contributed by atoms with Crippen LogP contribution in [-0.2, 0) is 4.79 Å². The van der Waals surface area contributed by atoms with Gasteiger partial charge >= 0.3 is 0 Å². The highest BCUT2D eigenvalue weighted by molar-refractivity contribution is 7.22.